The number of carbonyl (C=O) groups is 1. The number of aryl methyl sites for hydroxylation is 1. The van der Waals surface area contributed by atoms with E-state index >= 15 is 0 Å². The molecule has 4 nitrogen and oxygen atoms in total. The average molecular weight is 279 g/mol. The van der Waals surface area contributed by atoms with Crippen molar-refractivity contribution in [3.05, 3.63) is 70.5 Å². The zero-order valence-corrected chi connectivity index (χ0v) is 11.4. The molecule has 21 heavy (non-hydrogen) atoms. The van der Waals surface area contributed by atoms with Gasteiger partial charge in [-0.2, -0.15) is 0 Å². The highest BCUT2D eigenvalue weighted by atomic mass is 16.4. The summed E-state index contributed by atoms with van der Waals surface area (Å²) < 4.78 is 1.38. The van der Waals surface area contributed by atoms with Crippen molar-refractivity contribution >= 4 is 16.9 Å². The lowest BCUT2D eigenvalue weighted by Crippen LogP contribution is -2.25. The molecular formula is C17H13NO3. The third kappa shape index (κ3) is 2.01. The van der Waals surface area contributed by atoms with Crippen LogP contribution in [0.25, 0.3) is 22.0 Å². The first-order chi connectivity index (χ1) is 10.1. The van der Waals surface area contributed by atoms with E-state index < -0.39 is 11.5 Å². The number of hydrogen-bond donors (Lipinski definition) is 1. The highest BCUT2D eigenvalue weighted by molar-refractivity contribution is 6.06. The quantitative estimate of drug-likeness (QED) is 0.784. The van der Waals surface area contributed by atoms with E-state index in [9.17, 15) is 14.7 Å². The van der Waals surface area contributed by atoms with Gasteiger partial charge in [0.25, 0.3) is 5.56 Å². The predicted octanol–water partition coefficient (Wildman–Crippen LogP) is 2.90. The molecule has 0 fully saturated rings. The number of nitrogens with zero attached hydrogens (tertiary/aromatic N) is 1. The van der Waals surface area contributed by atoms with Crippen LogP contribution < -0.4 is 5.56 Å². The van der Waals surface area contributed by atoms with Gasteiger partial charge in [0.15, 0.2) is 0 Å². The van der Waals surface area contributed by atoms with Crippen LogP contribution in [0.2, 0.25) is 0 Å². The molecule has 2 aromatic carbocycles. The van der Waals surface area contributed by atoms with Gasteiger partial charge >= 0.3 is 5.97 Å². The van der Waals surface area contributed by atoms with Crippen LogP contribution in [-0.4, -0.2) is 15.6 Å². The SMILES string of the molecule is Cn1c(=O)c(C(=O)O)c(-c2ccccc2)c2ccccc21. The summed E-state index contributed by atoms with van der Waals surface area (Å²) >= 11 is 0. The van der Waals surface area contributed by atoms with Crippen LogP contribution in [0.4, 0.5) is 0 Å². The summed E-state index contributed by atoms with van der Waals surface area (Å²) in [7, 11) is 1.59. The normalized spacial score (nSPS) is 10.7. The van der Waals surface area contributed by atoms with E-state index in [1.165, 1.54) is 4.57 Å². The number of aromatic carboxylic acids is 1. The second kappa shape index (κ2) is 4.90. The van der Waals surface area contributed by atoms with E-state index in [0.29, 0.717) is 11.1 Å². The molecule has 4 heteroatoms. The summed E-state index contributed by atoms with van der Waals surface area (Å²) in [6.07, 6.45) is 0. The Balaban J connectivity index is 2.57. The van der Waals surface area contributed by atoms with Crippen molar-refractivity contribution in [2.24, 2.45) is 7.05 Å². The number of benzene rings is 2. The van der Waals surface area contributed by atoms with E-state index in [4.69, 9.17) is 0 Å². The monoisotopic (exact) mass is 279 g/mol. The standard InChI is InChI=1S/C17H13NO3/c1-18-13-10-6-5-9-12(13)14(11-7-3-2-4-8-11)15(16(18)19)17(20)21/h2-10H,1H3,(H,20,21). The first-order valence-corrected chi connectivity index (χ1v) is 6.51. The molecule has 0 aliphatic carbocycles. The van der Waals surface area contributed by atoms with E-state index in [-0.39, 0.29) is 5.56 Å². The minimum absolute atomic E-state index is 0.192. The molecule has 3 rings (SSSR count). The largest absolute Gasteiger partial charge is 0.477 e. The van der Waals surface area contributed by atoms with E-state index in [2.05, 4.69) is 0 Å². The first kappa shape index (κ1) is 13.1. The number of pyridine rings is 1. The van der Waals surface area contributed by atoms with E-state index in [1.54, 1.807) is 7.05 Å². The second-order valence-electron chi connectivity index (χ2n) is 4.80. The Bertz CT molecular complexity index is 895. The minimum Gasteiger partial charge on any atom is -0.477 e. The fourth-order valence-corrected chi connectivity index (χ4v) is 2.60. The summed E-state index contributed by atoms with van der Waals surface area (Å²) in [5.74, 6) is -1.21. The molecule has 0 atom stereocenters. The molecule has 0 spiro atoms. The molecule has 0 aliphatic heterocycles. The van der Waals surface area contributed by atoms with Crippen molar-refractivity contribution in [1.82, 2.24) is 4.57 Å². The number of carboxylic acid groups (broad SMARTS) is 1. The molecule has 1 aromatic heterocycles. The van der Waals surface area contributed by atoms with Crippen LogP contribution in [0.3, 0.4) is 0 Å². The van der Waals surface area contributed by atoms with Gasteiger partial charge in [-0.3, -0.25) is 4.79 Å². The molecule has 3 aromatic rings. The predicted molar refractivity (Wildman–Crippen MR) is 81.6 cm³/mol. The van der Waals surface area contributed by atoms with Crippen molar-refractivity contribution in [3.8, 4) is 11.1 Å². The Morgan fingerprint density at radius 3 is 2.29 bits per heavy atom. The maximum Gasteiger partial charge on any atom is 0.342 e. The number of para-hydroxylation sites is 1. The molecule has 1 N–H and O–H groups in total. The maximum atomic E-state index is 12.4. The van der Waals surface area contributed by atoms with Gasteiger partial charge in [0.1, 0.15) is 5.56 Å². The summed E-state index contributed by atoms with van der Waals surface area (Å²) in [6, 6.07) is 16.5. The van der Waals surface area contributed by atoms with Gasteiger partial charge in [-0.25, -0.2) is 4.79 Å². The third-order valence-corrected chi connectivity index (χ3v) is 3.58. The van der Waals surface area contributed by atoms with Crippen molar-refractivity contribution in [3.63, 3.8) is 0 Å². The van der Waals surface area contributed by atoms with Gasteiger partial charge in [-0.05, 0) is 11.6 Å². The lowest BCUT2D eigenvalue weighted by Gasteiger charge is -2.13. The van der Waals surface area contributed by atoms with Crippen LogP contribution in [0.15, 0.2) is 59.4 Å². The summed E-state index contributed by atoms with van der Waals surface area (Å²) in [5, 5.41) is 10.2. The first-order valence-electron chi connectivity index (χ1n) is 6.51. The van der Waals surface area contributed by atoms with Crippen LogP contribution in [0.1, 0.15) is 10.4 Å². The van der Waals surface area contributed by atoms with Gasteiger partial charge < -0.3 is 9.67 Å². The third-order valence-electron chi connectivity index (χ3n) is 3.58. The number of carboxylic acids is 1. The highest BCUT2D eigenvalue weighted by Crippen LogP contribution is 2.30. The summed E-state index contributed by atoms with van der Waals surface area (Å²) in [4.78, 5) is 24.0. The van der Waals surface area contributed by atoms with Crippen LogP contribution >= 0.6 is 0 Å². The fraction of sp³-hybridized carbons (Fsp3) is 0.0588. The smallest absolute Gasteiger partial charge is 0.342 e. The second-order valence-corrected chi connectivity index (χ2v) is 4.80. The highest BCUT2D eigenvalue weighted by Gasteiger charge is 2.21. The molecule has 0 unspecified atom stereocenters. The molecule has 0 aliphatic rings. The molecule has 1 heterocycles. The lowest BCUT2D eigenvalue weighted by atomic mass is 9.96. The molecule has 104 valence electrons. The Labute approximate surface area is 120 Å². The molecule has 0 radical (unpaired) electrons. The van der Waals surface area contributed by atoms with E-state index in [0.717, 1.165) is 10.9 Å². The number of rotatable bonds is 2. The number of hydrogen-bond acceptors (Lipinski definition) is 2. The molecular weight excluding hydrogens is 266 g/mol. The molecule has 0 amide bonds. The van der Waals surface area contributed by atoms with Crippen LogP contribution in [-0.2, 0) is 7.05 Å². The van der Waals surface area contributed by atoms with Crippen molar-refractivity contribution in [2.45, 2.75) is 0 Å². The number of fused-ring (bicyclic) bond motifs is 1. The van der Waals surface area contributed by atoms with Crippen molar-refractivity contribution in [2.75, 3.05) is 0 Å². The van der Waals surface area contributed by atoms with Gasteiger partial charge in [-0.15, -0.1) is 0 Å². The summed E-state index contributed by atoms with van der Waals surface area (Å²) in [6.45, 7) is 0. The van der Waals surface area contributed by atoms with Gasteiger partial charge in [-0.1, -0.05) is 48.5 Å². The zero-order valence-electron chi connectivity index (χ0n) is 11.4. The maximum absolute atomic E-state index is 12.4. The van der Waals surface area contributed by atoms with Gasteiger partial charge in [0.2, 0.25) is 0 Å². The molecule has 0 bridgehead atoms. The fourth-order valence-electron chi connectivity index (χ4n) is 2.60. The van der Waals surface area contributed by atoms with Gasteiger partial charge in [0.05, 0.1) is 5.52 Å². The topological polar surface area (TPSA) is 59.3 Å². The van der Waals surface area contributed by atoms with Crippen molar-refractivity contribution < 1.29 is 9.90 Å². The lowest BCUT2D eigenvalue weighted by molar-refractivity contribution is 0.0695. The summed E-state index contributed by atoms with van der Waals surface area (Å²) in [5.41, 5.74) is 1.22. The van der Waals surface area contributed by atoms with Crippen LogP contribution in [0.5, 0.6) is 0 Å². The molecule has 0 saturated heterocycles. The van der Waals surface area contributed by atoms with Crippen LogP contribution in [0, 0.1) is 0 Å². The minimum atomic E-state index is -1.21. The number of aromatic nitrogens is 1. The Morgan fingerprint density at radius 1 is 1.00 bits per heavy atom. The Morgan fingerprint density at radius 2 is 1.62 bits per heavy atom. The van der Waals surface area contributed by atoms with E-state index in [1.807, 2.05) is 54.6 Å². The molecule has 0 saturated carbocycles. The average Bonchev–Trinajstić information content (AvgIpc) is 2.51. The zero-order chi connectivity index (χ0) is 15.0. The Kier molecular flexibility index (Phi) is 3.06. The van der Waals surface area contributed by atoms with Crippen molar-refractivity contribution in [1.29, 1.82) is 0 Å². The Hall–Kier alpha value is -2.88. The van der Waals surface area contributed by atoms with Gasteiger partial charge in [0, 0.05) is 18.0 Å².